The van der Waals surface area contributed by atoms with E-state index in [1.807, 2.05) is 11.3 Å². The summed E-state index contributed by atoms with van der Waals surface area (Å²) in [5, 5.41) is 0. The maximum absolute atomic E-state index is 2.37. The number of aryl methyl sites for hydroxylation is 3. The lowest BCUT2D eigenvalue weighted by atomic mass is 10.1. The Morgan fingerprint density at radius 3 is 2.11 bits per heavy atom. The Morgan fingerprint density at radius 2 is 1.61 bits per heavy atom. The summed E-state index contributed by atoms with van der Waals surface area (Å²) in [6.07, 6.45) is 6.77. The molecule has 0 amide bonds. The van der Waals surface area contributed by atoms with Crippen molar-refractivity contribution in [2.24, 2.45) is 0 Å². The van der Waals surface area contributed by atoms with Crippen molar-refractivity contribution in [2.75, 3.05) is 27.7 Å². The maximum Gasteiger partial charge on any atom is 0.0780 e. The van der Waals surface area contributed by atoms with E-state index in [2.05, 4.69) is 41.1 Å². The summed E-state index contributed by atoms with van der Waals surface area (Å²) in [4.78, 5) is 2.98. The summed E-state index contributed by atoms with van der Waals surface area (Å²) >= 11 is 1.94. The topological polar surface area (TPSA) is 0 Å². The molecule has 1 heterocycles. The van der Waals surface area contributed by atoms with Gasteiger partial charge in [0.05, 0.1) is 27.7 Å². The fourth-order valence-corrected chi connectivity index (χ4v) is 3.16. The van der Waals surface area contributed by atoms with E-state index in [-0.39, 0.29) is 17.0 Å². The van der Waals surface area contributed by atoms with E-state index in [4.69, 9.17) is 0 Å². The zero-order valence-corrected chi connectivity index (χ0v) is 15.0. The van der Waals surface area contributed by atoms with E-state index in [1.54, 1.807) is 5.56 Å². The summed E-state index contributed by atoms with van der Waals surface area (Å²) in [7, 11) is 6.83. The molecular weight excluding hydrogens is 306 g/mol. The van der Waals surface area contributed by atoms with Crippen molar-refractivity contribution in [3.05, 3.63) is 21.4 Å². The fourth-order valence-electron chi connectivity index (χ4n) is 2.19. The molecule has 1 rings (SSSR count). The molecule has 0 fully saturated rings. The summed E-state index contributed by atoms with van der Waals surface area (Å²) in [5.41, 5.74) is 1.58. The Bertz CT molecular complexity index is 339. The van der Waals surface area contributed by atoms with E-state index in [9.17, 15) is 0 Å². The van der Waals surface area contributed by atoms with E-state index in [0.29, 0.717) is 0 Å². The number of halogens is 1. The highest BCUT2D eigenvalue weighted by molar-refractivity contribution is 7.12. The summed E-state index contributed by atoms with van der Waals surface area (Å²) in [5.74, 6) is 0. The van der Waals surface area contributed by atoms with Crippen LogP contribution < -0.4 is 17.0 Å². The summed E-state index contributed by atoms with van der Waals surface area (Å²) in [6, 6.07) is 2.37. The van der Waals surface area contributed by atoms with Crippen molar-refractivity contribution in [3.63, 3.8) is 0 Å². The van der Waals surface area contributed by atoms with Gasteiger partial charge in [0.1, 0.15) is 0 Å². The minimum Gasteiger partial charge on any atom is -1.00 e. The van der Waals surface area contributed by atoms with Gasteiger partial charge in [-0.2, -0.15) is 0 Å². The second-order valence-corrected chi connectivity index (χ2v) is 7.58. The third-order valence-electron chi connectivity index (χ3n) is 3.17. The maximum atomic E-state index is 2.37. The molecule has 0 saturated heterocycles. The van der Waals surface area contributed by atoms with Crippen LogP contribution >= 0.6 is 11.3 Å². The number of unbranched alkanes of at least 4 members (excludes halogenated alkanes) is 3. The largest absolute Gasteiger partial charge is 1.00 e. The first kappa shape index (κ1) is 18.1. The molecule has 0 aromatic carbocycles. The van der Waals surface area contributed by atoms with Crippen LogP contribution in [0.4, 0.5) is 0 Å². The standard InChI is InChI=1S/C15H28NS.BrH/c1-13-12-15(14(2)17-13)10-8-6-7-9-11-16(3,4)5;/h12H,6-11H2,1-5H3;1H/q+1;/p-1. The molecule has 0 aliphatic carbocycles. The lowest BCUT2D eigenvalue weighted by Gasteiger charge is -2.23. The highest BCUT2D eigenvalue weighted by Gasteiger charge is 2.06. The van der Waals surface area contributed by atoms with Crippen molar-refractivity contribution in [1.29, 1.82) is 0 Å². The molecule has 1 aromatic heterocycles. The van der Waals surface area contributed by atoms with E-state index >= 15 is 0 Å². The van der Waals surface area contributed by atoms with Crippen LogP contribution in [0.5, 0.6) is 0 Å². The van der Waals surface area contributed by atoms with Gasteiger partial charge >= 0.3 is 0 Å². The van der Waals surface area contributed by atoms with Crippen molar-refractivity contribution in [1.82, 2.24) is 0 Å². The average Bonchev–Trinajstić information content (AvgIpc) is 2.49. The zero-order chi connectivity index (χ0) is 12.9. The van der Waals surface area contributed by atoms with Gasteiger partial charge in [-0.05, 0) is 51.2 Å². The third kappa shape index (κ3) is 7.55. The smallest absolute Gasteiger partial charge is 0.0780 e. The molecule has 1 aromatic rings. The molecule has 3 heteroatoms. The van der Waals surface area contributed by atoms with E-state index in [0.717, 1.165) is 4.48 Å². The van der Waals surface area contributed by atoms with Crippen LogP contribution in [0, 0.1) is 13.8 Å². The molecule has 0 bridgehead atoms. The van der Waals surface area contributed by atoms with Crippen molar-refractivity contribution < 1.29 is 21.5 Å². The van der Waals surface area contributed by atoms with Gasteiger partial charge in [-0.15, -0.1) is 11.3 Å². The minimum absolute atomic E-state index is 0. The number of rotatable bonds is 7. The van der Waals surface area contributed by atoms with Gasteiger partial charge < -0.3 is 21.5 Å². The normalized spacial score (nSPS) is 11.4. The predicted molar refractivity (Wildman–Crippen MR) is 78.9 cm³/mol. The van der Waals surface area contributed by atoms with Crippen LogP contribution in [0.1, 0.15) is 41.0 Å². The Labute approximate surface area is 128 Å². The van der Waals surface area contributed by atoms with Crippen LogP contribution in [-0.2, 0) is 6.42 Å². The Kier molecular flexibility index (Phi) is 8.40. The number of hydrogen-bond acceptors (Lipinski definition) is 1. The van der Waals surface area contributed by atoms with Gasteiger partial charge in [-0.1, -0.05) is 6.42 Å². The van der Waals surface area contributed by atoms with Gasteiger partial charge in [0.15, 0.2) is 0 Å². The predicted octanol–water partition coefficient (Wildman–Crippen LogP) is 1.18. The van der Waals surface area contributed by atoms with Crippen LogP contribution in [-0.4, -0.2) is 32.2 Å². The molecule has 0 atom stereocenters. The number of thiophene rings is 1. The molecule has 0 spiro atoms. The molecule has 1 nitrogen and oxygen atoms in total. The van der Waals surface area contributed by atoms with Gasteiger partial charge in [0.2, 0.25) is 0 Å². The highest BCUT2D eigenvalue weighted by Crippen LogP contribution is 2.22. The van der Waals surface area contributed by atoms with Crippen molar-refractivity contribution in [2.45, 2.75) is 46.0 Å². The summed E-state index contributed by atoms with van der Waals surface area (Å²) < 4.78 is 1.10. The lowest BCUT2D eigenvalue weighted by molar-refractivity contribution is -0.870. The van der Waals surface area contributed by atoms with Crippen molar-refractivity contribution >= 4 is 11.3 Å². The first-order valence-electron chi connectivity index (χ1n) is 6.75. The molecular formula is C15H28BrNS. The Balaban J connectivity index is 0.00000289. The highest BCUT2D eigenvalue weighted by atomic mass is 79.9. The SMILES string of the molecule is Cc1cc(CCCCCC[N+](C)(C)C)c(C)s1.[Br-]. The number of quaternary nitrogens is 1. The van der Waals surface area contributed by atoms with Crippen LogP contribution in [0.15, 0.2) is 6.07 Å². The third-order valence-corrected chi connectivity index (χ3v) is 4.18. The van der Waals surface area contributed by atoms with Gasteiger partial charge in [-0.3, -0.25) is 0 Å². The number of nitrogens with zero attached hydrogens (tertiary/aromatic N) is 1. The van der Waals surface area contributed by atoms with Crippen LogP contribution in [0.25, 0.3) is 0 Å². The molecule has 0 saturated carbocycles. The minimum atomic E-state index is 0. The van der Waals surface area contributed by atoms with E-state index in [1.165, 1.54) is 48.4 Å². The van der Waals surface area contributed by atoms with E-state index < -0.39 is 0 Å². The molecule has 0 aliphatic heterocycles. The molecule has 0 unspecified atom stereocenters. The molecule has 0 N–H and O–H groups in total. The monoisotopic (exact) mass is 333 g/mol. The Hall–Kier alpha value is 0.140. The molecule has 0 aliphatic rings. The first-order valence-corrected chi connectivity index (χ1v) is 7.56. The fraction of sp³-hybridized carbons (Fsp3) is 0.733. The molecule has 106 valence electrons. The molecule has 18 heavy (non-hydrogen) atoms. The quantitative estimate of drug-likeness (QED) is 0.519. The van der Waals surface area contributed by atoms with Crippen molar-refractivity contribution in [3.8, 4) is 0 Å². The first-order chi connectivity index (χ1) is 7.88. The number of hydrogen-bond donors (Lipinski definition) is 0. The van der Waals surface area contributed by atoms with Crippen LogP contribution in [0.3, 0.4) is 0 Å². The van der Waals surface area contributed by atoms with Gasteiger partial charge in [-0.25, -0.2) is 0 Å². The summed E-state index contributed by atoms with van der Waals surface area (Å²) in [6.45, 7) is 5.77. The van der Waals surface area contributed by atoms with Crippen LogP contribution in [0.2, 0.25) is 0 Å². The van der Waals surface area contributed by atoms with Gasteiger partial charge in [0, 0.05) is 9.75 Å². The molecule has 0 radical (unpaired) electrons. The Morgan fingerprint density at radius 1 is 1.00 bits per heavy atom. The zero-order valence-electron chi connectivity index (χ0n) is 12.6. The second-order valence-electron chi connectivity index (χ2n) is 6.12. The van der Waals surface area contributed by atoms with Gasteiger partial charge in [0.25, 0.3) is 0 Å². The second kappa shape index (κ2) is 8.34. The average molecular weight is 334 g/mol. The lowest BCUT2D eigenvalue weighted by Crippen LogP contribution is -3.00.